The van der Waals surface area contributed by atoms with Crippen LogP contribution in [0.1, 0.15) is 38.8 Å². The molecule has 3 nitrogen and oxygen atoms in total. The average molecular weight is 450 g/mol. The average Bonchev–Trinajstić information content (AvgIpc) is 2.70. The fraction of sp³-hybridized carbons (Fsp3) is 0.391. The summed E-state index contributed by atoms with van der Waals surface area (Å²) in [4.78, 5) is 25.5. The van der Waals surface area contributed by atoms with E-state index in [1.165, 1.54) is 23.5 Å². The summed E-state index contributed by atoms with van der Waals surface area (Å²) in [5.41, 5.74) is 1.92. The van der Waals surface area contributed by atoms with Gasteiger partial charge in [0, 0.05) is 17.1 Å². The smallest absolute Gasteiger partial charge is 0.194 e. The van der Waals surface area contributed by atoms with Crippen LogP contribution in [0.15, 0.2) is 54.6 Å². The standard InChI is InChI=1S/C23H28ClNO2S2/c1-4-28-20(26)15-16(3)21(23(27)29-5-2)22(17-9-7-6-8-10-17)25-19-13-11-18(24)12-14-19/h6-14,16,21-22,25H,4-5,15H2,1-3H3/t16-,21-,22+/m0/s1. The van der Waals surface area contributed by atoms with Crippen LogP contribution in [0.5, 0.6) is 0 Å². The molecule has 0 saturated heterocycles. The monoisotopic (exact) mass is 449 g/mol. The van der Waals surface area contributed by atoms with Crippen LogP contribution in [-0.2, 0) is 9.59 Å². The van der Waals surface area contributed by atoms with Gasteiger partial charge in [0.15, 0.2) is 10.2 Å². The molecule has 156 valence electrons. The van der Waals surface area contributed by atoms with Crippen LogP contribution < -0.4 is 5.32 Å². The summed E-state index contributed by atoms with van der Waals surface area (Å²) in [5.74, 6) is 1.04. The third-order valence-electron chi connectivity index (χ3n) is 4.65. The number of nitrogens with one attached hydrogen (secondary N) is 1. The molecule has 0 fully saturated rings. The third kappa shape index (κ3) is 7.40. The van der Waals surface area contributed by atoms with Gasteiger partial charge in [0.25, 0.3) is 0 Å². The number of hydrogen-bond donors (Lipinski definition) is 1. The first kappa shape index (κ1) is 23.8. The van der Waals surface area contributed by atoms with E-state index < -0.39 is 0 Å². The van der Waals surface area contributed by atoms with Gasteiger partial charge in [-0.1, -0.05) is 86.2 Å². The SMILES string of the molecule is CCSC(=O)C[C@H](C)[C@H](C(=O)SCC)[C@H](Nc1ccc(Cl)cc1)c1ccccc1. The first-order chi connectivity index (χ1) is 14.0. The first-order valence-corrected chi connectivity index (χ1v) is 12.2. The highest BCUT2D eigenvalue weighted by atomic mass is 35.5. The maximum atomic E-state index is 13.2. The highest BCUT2D eigenvalue weighted by molar-refractivity contribution is 8.13. The Kier molecular flexibility index (Phi) is 10.1. The largest absolute Gasteiger partial charge is 0.377 e. The number of carbonyl (C=O) groups is 2. The molecule has 0 unspecified atom stereocenters. The van der Waals surface area contributed by atoms with Crippen LogP contribution in [0.4, 0.5) is 5.69 Å². The second kappa shape index (κ2) is 12.3. The molecule has 6 heteroatoms. The third-order valence-corrected chi connectivity index (χ3v) is 6.52. The van der Waals surface area contributed by atoms with Crippen LogP contribution in [0.2, 0.25) is 5.02 Å². The van der Waals surface area contributed by atoms with E-state index in [0.717, 1.165) is 17.0 Å². The van der Waals surface area contributed by atoms with Gasteiger partial charge < -0.3 is 5.32 Å². The highest BCUT2D eigenvalue weighted by Gasteiger charge is 2.35. The summed E-state index contributed by atoms with van der Waals surface area (Å²) in [6.45, 7) is 5.95. The molecule has 0 aliphatic rings. The Labute approximate surface area is 187 Å². The van der Waals surface area contributed by atoms with Gasteiger partial charge in [-0.2, -0.15) is 0 Å². The molecule has 0 aromatic heterocycles. The molecule has 0 bridgehead atoms. The fourth-order valence-electron chi connectivity index (χ4n) is 3.31. The molecule has 0 amide bonds. The normalized spacial score (nSPS) is 14.1. The van der Waals surface area contributed by atoms with Gasteiger partial charge in [0.2, 0.25) is 0 Å². The number of thioether (sulfide) groups is 2. The molecule has 0 spiro atoms. The van der Waals surface area contributed by atoms with Gasteiger partial charge in [0.1, 0.15) is 0 Å². The summed E-state index contributed by atoms with van der Waals surface area (Å²) in [5, 5.41) is 4.45. The maximum absolute atomic E-state index is 13.2. The number of benzene rings is 2. The molecule has 2 aromatic rings. The van der Waals surface area contributed by atoms with E-state index in [-0.39, 0.29) is 28.1 Å². The Balaban J connectivity index is 2.40. The van der Waals surface area contributed by atoms with Crippen molar-refractivity contribution in [2.45, 2.75) is 33.2 Å². The number of carbonyl (C=O) groups excluding carboxylic acids is 2. The van der Waals surface area contributed by atoms with Crippen molar-refractivity contribution in [2.75, 3.05) is 16.8 Å². The highest BCUT2D eigenvalue weighted by Crippen LogP contribution is 2.37. The van der Waals surface area contributed by atoms with E-state index in [1.807, 2.05) is 75.4 Å². The van der Waals surface area contributed by atoms with Gasteiger partial charge >= 0.3 is 0 Å². The Hall–Kier alpha value is -1.43. The molecular weight excluding hydrogens is 422 g/mol. The zero-order valence-electron chi connectivity index (χ0n) is 17.1. The van der Waals surface area contributed by atoms with Gasteiger partial charge in [0.05, 0.1) is 12.0 Å². The van der Waals surface area contributed by atoms with E-state index in [0.29, 0.717) is 17.2 Å². The summed E-state index contributed by atoms with van der Waals surface area (Å²) in [7, 11) is 0. The van der Waals surface area contributed by atoms with Gasteiger partial charge in [-0.15, -0.1) is 0 Å². The van der Waals surface area contributed by atoms with Crippen LogP contribution in [0.25, 0.3) is 0 Å². The molecular formula is C23H28ClNO2S2. The van der Waals surface area contributed by atoms with Crippen LogP contribution in [-0.4, -0.2) is 21.7 Å². The van der Waals surface area contributed by atoms with Crippen molar-refractivity contribution in [1.29, 1.82) is 0 Å². The number of hydrogen-bond acceptors (Lipinski definition) is 5. The molecule has 1 N–H and O–H groups in total. The lowest BCUT2D eigenvalue weighted by Gasteiger charge is -2.32. The van der Waals surface area contributed by atoms with Crippen molar-refractivity contribution in [3.8, 4) is 0 Å². The lowest BCUT2D eigenvalue weighted by atomic mass is 9.82. The number of rotatable bonds is 10. The summed E-state index contributed by atoms with van der Waals surface area (Å²) in [6.07, 6.45) is 0.380. The van der Waals surface area contributed by atoms with Crippen molar-refractivity contribution >= 4 is 51.0 Å². The molecule has 0 radical (unpaired) electrons. The summed E-state index contributed by atoms with van der Waals surface area (Å²) >= 11 is 8.68. The molecule has 0 aliphatic heterocycles. The zero-order valence-corrected chi connectivity index (χ0v) is 19.4. The van der Waals surface area contributed by atoms with Gasteiger partial charge in [-0.25, -0.2) is 0 Å². The summed E-state index contributed by atoms with van der Waals surface area (Å²) in [6, 6.07) is 17.2. The quantitative estimate of drug-likeness (QED) is 0.437. The van der Waals surface area contributed by atoms with Crippen LogP contribution in [0, 0.1) is 11.8 Å². The first-order valence-electron chi connectivity index (χ1n) is 9.85. The van der Waals surface area contributed by atoms with Gasteiger partial charge in [-0.3, -0.25) is 9.59 Å². The van der Waals surface area contributed by atoms with Crippen molar-refractivity contribution in [3.05, 3.63) is 65.2 Å². The Morgan fingerprint density at radius 1 is 0.966 bits per heavy atom. The zero-order chi connectivity index (χ0) is 21.2. The summed E-state index contributed by atoms with van der Waals surface area (Å²) < 4.78 is 0. The van der Waals surface area contributed by atoms with Crippen molar-refractivity contribution in [3.63, 3.8) is 0 Å². The van der Waals surface area contributed by atoms with Gasteiger partial charge in [-0.05, 0) is 47.3 Å². The van der Waals surface area contributed by atoms with Crippen molar-refractivity contribution in [2.24, 2.45) is 11.8 Å². The Morgan fingerprint density at radius 2 is 1.59 bits per heavy atom. The minimum atomic E-state index is -0.334. The molecule has 2 aromatic carbocycles. The van der Waals surface area contributed by atoms with E-state index in [1.54, 1.807) is 0 Å². The predicted molar refractivity (Wildman–Crippen MR) is 128 cm³/mol. The van der Waals surface area contributed by atoms with Crippen LogP contribution in [0.3, 0.4) is 0 Å². The molecule has 0 saturated carbocycles. The molecule has 0 aliphatic carbocycles. The van der Waals surface area contributed by atoms with E-state index in [2.05, 4.69) is 5.32 Å². The second-order valence-electron chi connectivity index (χ2n) is 6.80. The number of halogens is 1. The maximum Gasteiger partial charge on any atom is 0.194 e. The van der Waals surface area contributed by atoms with Crippen molar-refractivity contribution < 1.29 is 9.59 Å². The fourth-order valence-corrected chi connectivity index (χ4v) is 4.99. The van der Waals surface area contributed by atoms with Crippen LogP contribution >= 0.6 is 35.1 Å². The lowest BCUT2D eigenvalue weighted by molar-refractivity contribution is -0.117. The van der Waals surface area contributed by atoms with E-state index >= 15 is 0 Å². The molecule has 0 heterocycles. The predicted octanol–water partition coefficient (Wildman–Crippen LogP) is 6.70. The topological polar surface area (TPSA) is 46.2 Å². The molecule has 29 heavy (non-hydrogen) atoms. The number of anilines is 1. The Bertz CT molecular complexity index is 783. The molecule has 3 atom stereocenters. The second-order valence-corrected chi connectivity index (χ2v) is 9.83. The minimum absolute atomic E-state index is 0.0851. The minimum Gasteiger partial charge on any atom is -0.377 e. The molecule has 2 rings (SSSR count). The van der Waals surface area contributed by atoms with Crippen molar-refractivity contribution in [1.82, 2.24) is 0 Å². The van der Waals surface area contributed by atoms with E-state index in [9.17, 15) is 9.59 Å². The lowest BCUT2D eigenvalue weighted by Crippen LogP contribution is -2.32. The Morgan fingerprint density at radius 3 is 2.17 bits per heavy atom. The van der Waals surface area contributed by atoms with E-state index in [4.69, 9.17) is 11.6 Å².